The van der Waals surface area contributed by atoms with Crippen molar-refractivity contribution < 1.29 is 14.4 Å². The molecule has 2 aromatic heterocycles. The number of carbonyl (C=O) groups is 3. The molecule has 2 aromatic carbocycles. The number of nitrogens with zero attached hydrogens (tertiary/aromatic N) is 5. The van der Waals surface area contributed by atoms with Crippen LogP contribution in [0.5, 0.6) is 0 Å². The van der Waals surface area contributed by atoms with Gasteiger partial charge in [-0.1, -0.05) is 53.7 Å². The van der Waals surface area contributed by atoms with E-state index in [0.717, 1.165) is 17.3 Å². The van der Waals surface area contributed by atoms with E-state index in [1.165, 1.54) is 22.2 Å². The van der Waals surface area contributed by atoms with Gasteiger partial charge in [-0.3, -0.25) is 19.8 Å². The van der Waals surface area contributed by atoms with Gasteiger partial charge in [-0.25, -0.2) is 15.1 Å². The van der Waals surface area contributed by atoms with Crippen molar-refractivity contribution >= 4 is 75.4 Å². The van der Waals surface area contributed by atoms with E-state index in [-0.39, 0.29) is 35.0 Å². The third kappa shape index (κ3) is 8.35. The van der Waals surface area contributed by atoms with Gasteiger partial charge in [-0.05, 0) is 29.8 Å². The van der Waals surface area contributed by atoms with Gasteiger partial charge >= 0.3 is 0 Å². The van der Waals surface area contributed by atoms with E-state index in [2.05, 4.69) is 36.5 Å². The van der Waals surface area contributed by atoms with Crippen molar-refractivity contribution in [1.29, 1.82) is 0 Å². The fourth-order valence-electron chi connectivity index (χ4n) is 3.03. The molecule has 0 aliphatic heterocycles. The minimum absolute atomic E-state index is 0.0353. The summed E-state index contributed by atoms with van der Waals surface area (Å²) in [6.45, 7) is 0. The molecule has 0 saturated carbocycles. The molecular weight excluding hydrogens is 583 g/mol. The van der Waals surface area contributed by atoms with Crippen LogP contribution in [0.4, 0.5) is 5.13 Å². The highest BCUT2D eigenvalue weighted by Crippen LogP contribution is 2.21. The molecule has 0 spiro atoms. The van der Waals surface area contributed by atoms with E-state index < -0.39 is 5.91 Å². The van der Waals surface area contributed by atoms with Crippen molar-refractivity contribution in [3.05, 3.63) is 87.6 Å². The minimum atomic E-state index is -0.431. The van der Waals surface area contributed by atoms with Crippen LogP contribution in [0.2, 0.25) is 5.02 Å². The van der Waals surface area contributed by atoms with Crippen molar-refractivity contribution in [3.8, 4) is 0 Å². The first kappa shape index (κ1) is 28.2. The number of benzene rings is 2. The van der Waals surface area contributed by atoms with Crippen LogP contribution < -0.4 is 16.2 Å². The van der Waals surface area contributed by atoms with E-state index in [9.17, 15) is 14.4 Å². The number of anilines is 1. The van der Waals surface area contributed by atoms with Gasteiger partial charge in [-0.2, -0.15) is 5.10 Å². The van der Waals surface area contributed by atoms with Crippen molar-refractivity contribution in [2.24, 2.45) is 5.10 Å². The normalized spacial score (nSPS) is 10.9. The van der Waals surface area contributed by atoms with E-state index >= 15 is 0 Å². The molecule has 0 atom stereocenters. The summed E-state index contributed by atoms with van der Waals surface area (Å²) in [5.74, 6) is -1.03. The highest BCUT2D eigenvalue weighted by atomic mass is 35.5. The monoisotopic (exact) mass is 602 g/mol. The molecule has 11 nitrogen and oxygen atoms in total. The zero-order valence-corrected chi connectivity index (χ0v) is 23.2. The Morgan fingerprint density at radius 1 is 1.05 bits per heavy atom. The number of thiazole rings is 1. The minimum Gasteiger partial charge on any atom is -0.301 e. The molecule has 0 saturated heterocycles. The summed E-state index contributed by atoms with van der Waals surface area (Å²) in [6.07, 6.45) is 1.72. The van der Waals surface area contributed by atoms with Crippen LogP contribution >= 0.6 is 46.3 Å². The molecule has 4 rings (SSSR count). The molecule has 0 radical (unpaired) electrons. The largest absolute Gasteiger partial charge is 0.301 e. The molecule has 3 N–H and O–H groups in total. The number of hydrazone groups is 1. The van der Waals surface area contributed by atoms with Gasteiger partial charge in [0.15, 0.2) is 11.0 Å². The molecule has 0 bridgehead atoms. The summed E-state index contributed by atoms with van der Waals surface area (Å²) in [6, 6.07) is 15.7. The number of thioether (sulfide) groups is 1. The van der Waals surface area contributed by atoms with Gasteiger partial charge in [0.25, 0.3) is 11.8 Å². The summed E-state index contributed by atoms with van der Waals surface area (Å²) in [4.78, 5) is 41.2. The standard InChI is InChI=1S/C24H20Cl2N8O3S2/c25-11-20(35)29-23-28-18(13-38-23)10-19-30-32-24(34(19)33-22(37)16-6-8-17(26)9-7-16)39-14-21(36)31-27-12-15-4-2-1-3-5-15/h1-9,12-13H,10-11,14H2,(H,31,36)(H,33,37)(H,28,29,35)/b27-12+. The van der Waals surface area contributed by atoms with Crippen LogP contribution in [-0.4, -0.2) is 55.4 Å². The first-order valence-electron chi connectivity index (χ1n) is 11.2. The highest BCUT2D eigenvalue weighted by molar-refractivity contribution is 7.99. The Kier molecular flexibility index (Phi) is 10.0. The maximum Gasteiger partial charge on any atom is 0.270 e. The summed E-state index contributed by atoms with van der Waals surface area (Å²) >= 11 is 13.8. The molecule has 0 aliphatic rings. The molecule has 0 unspecified atom stereocenters. The number of alkyl halides is 1. The van der Waals surface area contributed by atoms with Crippen LogP contribution in [0, 0.1) is 0 Å². The van der Waals surface area contributed by atoms with Crippen molar-refractivity contribution in [3.63, 3.8) is 0 Å². The fraction of sp³-hybridized carbons (Fsp3) is 0.125. The average Bonchev–Trinajstić information content (AvgIpc) is 3.54. The average molecular weight is 604 g/mol. The Labute approximate surface area is 241 Å². The third-order valence-electron chi connectivity index (χ3n) is 4.81. The van der Waals surface area contributed by atoms with E-state index in [4.69, 9.17) is 23.2 Å². The predicted octanol–water partition coefficient (Wildman–Crippen LogP) is 3.78. The smallest absolute Gasteiger partial charge is 0.270 e. The number of amides is 3. The predicted molar refractivity (Wildman–Crippen MR) is 152 cm³/mol. The van der Waals surface area contributed by atoms with Gasteiger partial charge in [0.1, 0.15) is 5.88 Å². The van der Waals surface area contributed by atoms with E-state index in [1.54, 1.807) is 29.6 Å². The molecule has 200 valence electrons. The second-order valence-corrected chi connectivity index (χ2v) is 10.2. The fourth-order valence-corrected chi connectivity index (χ4v) is 4.65. The number of rotatable bonds is 11. The van der Waals surface area contributed by atoms with Crippen LogP contribution in [0.25, 0.3) is 0 Å². The Hall–Kier alpha value is -3.78. The van der Waals surface area contributed by atoms with Gasteiger partial charge in [-0.15, -0.1) is 33.1 Å². The molecule has 15 heteroatoms. The number of carbonyl (C=O) groups excluding carboxylic acids is 3. The van der Waals surface area contributed by atoms with Crippen molar-refractivity contribution in [2.45, 2.75) is 11.6 Å². The van der Waals surface area contributed by atoms with Crippen LogP contribution in [0.1, 0.15) is 27.4 Å². The first-order valence-corrected chi connectivity index (χ1v) is 14.0. The molecule has 4 aromatic rings. The van der Waals surface area contributed by atoms with Gasteiger partial charge < -0.3 is 5.32 Å². The zero-order valence-electron chi connectivity index (χ0n) is 20.0. The van der Waals surface area contributed by atoms with Crippen LogP contribution in [0.3, 0.4) is 0 Å². The Morgan fingerprint density at radius 3 is 2.56 bits per heavy atom. The van der Waals surface area contributed by atoms with Crippen LogP contribution in [-0.2, 0) is 16.0 Å². The quantitative estimate of drug-likeness (QED) is 0.103. The van der Waals surface area contributed by atoms with Crippen LogP contribution in [0.15, 0.2) is 70.2 Å². The molecular formula is C24H20Cl2N8O3S2. The number of nitrogens with one attached hydrogen (secondary N) is 3. The first-order chi connectivity index (χ1) is 18.9. The van der Waals surface area contributed by atoms with E-state index in [0.29, 0.717) is 27.2 Å². The number of aromatic nitrogens is 4. The molecule has 0 aliphatic carbocycles. The highest BCUT2D eigenvalue weighted by Gasteiger charge is 2.19. The third-order valence-corrected chi connectivity index (χ3v) is 7.04. The lowest BCUT2D eigenvalue weighted by Crippen LogP contribution is -2.26. The molecule has 39 heavy (non-hydrogen) atoms. The van der Waals surface area contributed by atoms with E-state index in [1.807, 2.05) is 30.3 Å². The zero-order chi connectivity index (χ0) is 27.6. The lowest BCUT2D eigenvalue weighted by atomic mass is 10.2. The molecule has 0 fully saturated rings. The topological polar surface area (TPSA) is 143 Å². The lowest BCUT2D eigenvalue weighted by Gasteiger charge is -2.11. The second-order valence-electron chi connectivity index (χ2n) is 7.68. The number of hydrogen-bond acceptors (Lipinski definition) is 9. The number of halogens is 2. The summed E-state index contributed by atoms with van der Waals surface area (Å²) in [5, 5.41) is 17.8. The summed E-state index contributed by atoms with van der Waals surface area (Å²) in [5.41, 5.74) is 7.02. The molecule has 2 heterocycles. The Balaban J connectivity index is 1.47. The number of hydrogen-bond donors (Lipinski definition) is 3. The van der Waals surface area contributed by atoms with Crippen molar-refractivity contribution in [2.75, 3.05) is 22.4 Å². The Bertz CT molecular complexity index is 1480. The van der Waals surface area contributed by atoms with Crippen molar-refractivity contribution in [1.82, 2.24) is 25.3 Å². The SMILES string of the molecule is O=C(CSc1nnc(Cc2csc(NC(=O)CCl)n2)n1NC(=O)c1ccc(Cl)cc1)N/N=C/c1ccccc1. The van der Waals surface area contributed by atoms with Gasteiger partial charge in [0, 0.05) is 16.0 Å². The van der Waals surface area contributed by atoms with Gasteiger partial charge in [0.2, 0.25) is 11.1 Å². The summed E-state index contributed by atoms with van der Waals surface area (Å²) < 4.78 is 1.40. The van der Waals surface area contributed by atoms with Gasteiger partial charge in [0.05, 0.1) is 24.1 Å². The summed E-state index contributed by atoms with van der Waals surface area (Å²) in [7, 11) is 0. The maximum absolute atomic E-state index is 12.9. The second kappa shape index (κ2) is 13.8. The maximum atomic E-state index is 12.9. The molecule has 3 amide bonds. The lowest BCUT2D eigenvalue weighted by molar-refractivity contribution is -0.118. The Morgan fingerprint density at radius 2 is 1.82 bits per heavy atom.